The van der Waals surface area contributed by atoms with Crippen LogP contribution in [0, 0.1) is 0 Å². The lowest BCUT2D eigenvalue weighted by molar-refractivity contribution is 0.0951. The van der Waals surface area contributed by atoms with Crippen LogP contribution in [0.1, 0.15) is 17.3 Å². The summed E-state index contributed by atoms with van der Waals surface area (Å²) in [7, 11) is 3.97. The van der Waals surface area contributed by atoms with E-state index in [9.17, 15) is 4.79 Å². The van der Waals surface area contributed by atoms with Gasteiger partial charge in [-0.05, 0) is 45.3 Å². The molecule has 0 saturated heterocycles. The van der Waals surface area contributed by atoms with Crippen LogP contribution in [-0.4, -0.2) is 44.5 Å². The van der Waals surface area contributed by atoms with Crippen molar-refractivity contribution in [1.29, 1.82) is 0 Å². The van der Waals surface area contributed by atoms with Gasteiger partial charge in [0.1, 0.15) is 0 Å². The number of hydrogen-bond donors (Lipinski definition) is 2. The molecule has 94 valence electrons. The van der Waals surface area contributed by atoms with E-state index < -0.39 is 0 Å². The van der Waals surface area contributed by atoms with Crippen molar-refractivity contribution in [3.63, 3.8) is 0 Å². The first-order valence-corrected chi connectivity index (χ1v) is 5.90. The third kappa shape index (κ3) is 4.87. The molecule has 1 aromatic rings. The highest BCUT2D eigenvalue weighted by molar-refractivity contribution is 5.94. The molecule has 1 rings (SSSR count). The average Bonchev–Trinajstić information content (AvgIpc) is 2.30. The molecule has 0 saturated carbocycles. The van der Waals surface area contributed by atoms with E-state index >= 15 is 0 Å². The first kappa shape index (κ1) is 13.5. The van der Waals surface area contributed by atoms with Crippen LogP contribution >= 0.6 is 0 Å². The summed E-state index contributed by atoms with van der Waals surface area (Å²) in [6.45, 7) is 4.44. The SMILES string of the molecule is CCNc1ccc(C(=O)NCCN(C)C)cc1. The van der Waals surface area contributed by atoms with Gasteiger partial charge in [0.05, 0.1) is 0 Å². The van der Waals surface area contributed by atoms with Crippen LogP contribution in [0.2, 0.25) is 0 Å². The van der Waals surface area contributed by atoms with Crippen LogP contribution in [0.4, 0.5) is 5.69 Å². The monoisotopic (exact) mass is 235 g/mol. The zero-order chi connectivity index (χ0) is 12.7. The van der Waals surface area contributed by atoms with Crippen molar-refractivity contribution in [2.75, 3.05) is 39.0 Å². The zero-order valence-electron chi connectivity index (χ0n) is 10.8. The van der Waals surface area contributed by atoms with Crippen LogP contribution in [0.15, 0.2) is 24.3 Å². The zero-order valence-corrected chi connectivity index (χ0v) is 10.8. The van der Waals surface area contributed by atoms with Gasteiger partial charge in [-0.1, -0.05) is 0 Å². The number of likely N-dealkylation sites (N-methyl/N-ethyl adjacent to an activating group) is 1. The molecule has 0 aliphatic heterocycles. The number of nitrogens with one attached hydrogen (secondary N) is 2. The summed E-state index contributed by atoms with van der Waals surface area (Å²) in [5.74, 6) is -0.0186. The lowest BCUT2D eigenvalue weighted by atomic mass is 10.2. The fraction of sp³-hybridized carbons (Fsp3) is 0.462. The normalized spacial score (nSPS) is 10.4. The van der Waals surface area contributed by atoms with Crippen molar-refractivity contribution in [3.8, 4) is 0 Å². The average molecular weight is 235 g/mol. The number of nitrogens with zero attached hydrogens (tertiary/aromatic N) is 1. The smallest absolute Gasteiger partial charge is 0.251 e. The second-order valence-corrected chi connectivity index (χ2v) is 4.17. The molecule has 0 heterocycles. The van der Waals surface area contributed by atoms with Gasteiger partial charge in [0.15, 0.2) is 0 Å². The minimum atomic E-state index is -0.0186. The number of amides is 1. The lowest BCUT2D eigenvalue weighted by Gasteiger charge is -2.10. The molecule has 0 aliphatic rings. The number of hydrogen-bond acceptors (Lipinski definition) is 3. The van der Waals surface area contributed by atoms with E-state index in [1.165, 1.54) is 0 Å². The highest BCUT2D eigenvalue weighted by Crippen LogP contribution is 2.08. The Kier molecular flexibility index (Phi) is 5.49. The Bertz CT molecular complexity index is 346. The third-order valence-electron chi connectivity index (χ3n) is 2.37. The van der Waals surface area contributed by atoms with E-state index in [0.717, 1.165) is 18.8 Å². The second-order valence-electron chi connectivity index (χ2n) is 4.17. The van der Waals surface area contributed by atoms with E-state index in [4.69, 9.17) is 0 Å². The van der Waals surface area contributed by atoms with Crippen molar-refractivity contribution in [2.24, 2.45) is 0 Å². The van der Waals surface area contributed by atoms with Crippen LogP contribution < -0.4 is 10.6 Å². The Morgan fingerprint density at radius 1 is 1.24 bits per heavy atom. The van der Waals surface area contributed by atoms with E-state index in [0.29, 0.717) is 12.1 Å². The first-order chi connectivity index (χ1) is 8.13. The van der Waals surface area contributed by atoms with Crippen LogP contribution in [-0.2, 0) is 0 Å². The topological polar surface area (TPSA) is 44.4 Å². The molecular weight excluding hydrogens is 214 g/mol. The van der Waals surface area contributed by atoms with E-state index in [2.05, 4.69) is 10.6 Å². The Morgan fingerprint density at radius 3 is 2.41 bits per heavy atom. The molecular formula is C13H21N3O. The summed E-state index contributed by atoms with van der Waals surface area (Å²) >= 11 is 0. The van der Waals surface area contributed by atoms with E-state index in [1.54, 1.807) is 0 Å². The van der Waals surface area contributed by atoms with Crippen LogP contribution in [0.5, 0.6) is 0 Å². The number of anilines is 1. The number of rotatable bonds is 6. The van der Waals surface area contributed by atoms with Crippen molar-refractivity contribution in [1.82, 2.24) is 10.2 Å². The van der Waals surface area contributed by atoms with Gasteiger partial charge in [0, 0.05) is 30.9 Å². The van der Waals surface area contributed by atoms with Crippen molar-refractivity contribution < 1.29 is 4.79 Å². The maximum Gasteiger partial charge on any atom is 0.251 e. The highest BCUT2D eigenvalue weighted by atomic mass is 16.1. The van der Waals surface area contributed by atoms with E-state index in [-0.39, 0.29) is 5.91 Å². The molecule has 0 unspecified atom stereocenters. The van der Waals surface area contributed by atoms with Gasteiger partial charge in [-0.25, -0.2) is 0 Å². The predicted octanol–water partition coefficient (Wildman–Crippen LogP) is 1.41. The van der Waals surface area contributed by atoms with Gasteiger partial charge in [0.25, 0.3) is 5.91 Å². The maximum absolute atomic E-state index is 11.7. The Labute approximate surface area is 103 Å². The Morgan fingerprint density at radius 2 is 1.88 bits per heavy atom. The molecule has 1 aromatic carbocycles. The molecule has 4 heteroatoms. The van der Waals surface area contributed by atoms with Gasteiger partial charge in [-0.15, -0.1) is 0 Å². The maximum atomic E-state index is 11.7. The second kappa shape index (κ2) is 6.91. The van der Waals surface area contributed by atoms with Crippen molar-refractivity contribution in [3.05, 3.63) is 29.8 Å². The molecule has 0 radical (unpaired) electrons. The predicted molar refractivity (Wildman–Crippen MR) is 71.5 cm³/mol. The molecule has 0 fully saturated rings. The van der Waals surface area contributed by atoms with E-state index in [1.807, 2.05) is 50.2 Å². The quantitative estimate of drug-likeness (QED) is 0.783. The van der Waals surface area contributed by atoms with Gasteiger partial charge < -0.3 is 15.5 Å². The molecule has 2 N–H and O–H groups in total. The molecule has 1 amide bonds. The number of benzene rings is 1. The third-order valence-corrected chi connectivity index (χ3v) is 2.37. The first-order valence-electron chi connectivity index (χ1n) is 5.90. The summed E-state index contributed by atoms with van der Waals surface area (Å²) < 4.78 is 0. The van der Waals surface area contributed by atoms with Gasteiger partial charge in [0.2, 0.25) is 0 Å². The molecule has 0 aromatic heterocycles. The summed E-state index contributed by atoms with van der Waals surface area (Å²) in [6, 6.07) is 7.51. The number of carbonyl (C=O) groups excluding carboxylic acids is 1. The largest absolute Gasteiger partial charge is 0.385 e. The van der Waals surface area contributed by atoms with Crippen molar-refractivity contribution in [2.45, 2.75) is 6.92 Å². The summed E-state index contributed by atoms with van der Waals surface area (Å²) in [5, 5.41) is 6.07. The fourth-order valence-electron chi connectivity index (χ4n) is 1.44. The molecule has 0 atom stereocenters. The minimum absolute atomic E-state index is 0.0186. The molecule has 17 heavy (non-hydrogen) atoms. The van der Waals surface area contributed by atoms with Gasteiger partial charge in [-0.3, -0.25) is 4.79 Å². The molecule has 4 nitrogen and oxygen atoms in total. The fourth-order valence-corrected chi connectivity index (χ4v) is 1.44. The molecule has 0 spiro atoms. The minimum Gasteiger partial charge on any atom is -0.385 e. The van der Waals surface area contributed by atoms with Gasteiger partial charge >= 0.3 is 0 Å². The summed E-state index contributed by atoms with van der Waals surface area (Å²) in [6.07, 6.45) is 0. The van der Waals surface area contributed by atoms with Gasteiger partial charge in [-0.2, -0.15) is 0 Å². The molecule has 0 aliphatic carbocycles. The van der Waals surface area contributed by atoms with Crippen molar-refractivity contribution >= 4 is 11.6 Å². The highest BCUT2D eigenvalue weighted by Gasteiger charge is 2.04. The number of carbonyl (C=O) groups is 1. The summed E-state index contributed by atoms with van der Waals surface area (Å²) in [5.41, 5.74) is 1.74. The van der Waals surface area contributed by atoms with Crippen LogP contribution in [0.25, 0.3) is 0 Å². The Hall–Kier alpha value is -1.55. The lowest BCUT2D eigenvalue weighted by Crippen LogP contribution is -2.31. The van der Waals surface area contributed by atoms with Crippen LogP contribution in [0.3, 0.4) is 0 Å². The standard InChI is InChI=1S/C13H21N3O/c1-4-14-12-7-5-11(6-8-12)13(17)15-9-10-16(2)3/h5-8,14H,4,9-10H2,1-3H3,(H,15,17). The summed E-state index contributed by atoms with van der Waals surface area (Å²) in [4.78, 5) is 13.8. The Balaban J connectivity index is 2.46. The molecule has 0 bridgehead atoms.